The largest absolute Gasteiger partial charge is 0.454 e. The summed E-state index contributed by atoms with van der Waals surface area (Å²) in [5.41, 5.74) is 2.73. The highest BCUT2D eigenvalue weighted by atomic mass is 32.1. The van der Waals surface area contributed by atoms with Crippen LogP contribution in [-0.4, -0.2) is 17.0 Å². The van der Waals surface area contributed by atoms with Gasteiger partial charge in [-0.2, -0.15) is 0 Å². The SMILES string of the molecule is OCc1cccc(NC(=S)NCc2ccc3c(c2)OCO3)c1. The lowest BCUT2D eigenvalue weighted by atomic mass is 10.2. The second-order valence-electron chi connectivity index (χ2n) is 4.85. The molecule has 0 aromatic heterocycles. The van der Waals surface area contributed by atoms with Crippen molar-refractivity contribution in [2.24, 2.45) is 0 Å². The quantitative estimate of drug-likeness (QED) is 0.753. The van der Waals surface area contributed by atoms with Gasteiger partial charge >= 0.3 is 0 Å². The molecule has 1 aliphatic rings. The van der Waals surface area contributed by atoms with Crippen molar-refractivity contribution < 1.29 is 14.6 Å². The van der Waals surface area contributed by atoms with E-state index in [9.17, 15) is 0 Å². The second-order valence-corrected chi connectivity index (χ2v) is 5.26. The number of thiocarbonyl (C=S) groups is 1. The number of hydrogen-bond acceptors (Lipinski definition) is 4. The van der Waals surface area contributed by atoms with Gasteiger partial charge in [0.05, 0.1) is 6.61 Å². The van der Waals surface area contributed by atoms with Gasteiger partial charge in [0.15, 0.2) is 16.6 Å². The molecule has 1 heterocycles. The number of nitrogens with one attached hydrogen (secondary N) is 2. The van der Waals surface area contributed by atoms with Crippen molar-refractivity contribution in [1.82, 2.24) is 5.32 Å². The minimum absolute atomic E-state index is 0.00685. The first kappa shape index (κ1) is 14.6. The van der Waals surface area contributed by atoms with Gasteiger partial charge in [0.25, 0.3) is 0 Å². The van der Waals surface area contributed by atoms with Crippen molar-refractivity contribution in [2.75, 3.05) is 12.1 Å². The first-order valence-electron chi connectivity index (χ1n) is 6.88. The third-order valence-corrected chi connectivity index (χ3v) is 3.50. The van der Waals surface area contributed by atoms with Crippen LogP contribution in [0.1, 0.15) is 11.1 Å². The molecule has 1 aliphatic heterocycles. The topological polar surface area (TPSA) is 62.8 Å². The maximum atomic E-state index is 9.13. The van der Waals surface area contributed by atoms with Crippen LogP contribution in [0.4, 0.5) is 5.69 Å². The maximum Gasteiger partial charge on any atom is 0.231 e. The van der Waals surface area contributed by atoms with E-state index >= 15 is 0 Å². The van der Waals surface area contributed by atoms with Crippen LogP contribution in [0.2, 0.25) is 0 Å². The van der Waals surface area contributed by atoms with Crippen LogP contribution in [0.3, 0.4) is 0 Å². The molecule has 0 spiro atoms. The lowest BCUT2D eigenvalue weighted by Gasteiger charge is -2.11. The fraction of sp³-hybridized carbons (Fsp3) is 0.188. The molecule has 2 aromatic rings. The van der Waals surface area contributed by atoms with E-state index in [1.807, 2.05) is 42.5 Å². The van der Waals surface area contributed by atoms with Crippen LogP contribution in [-0.2, 0) is 13.2 Å². The highest BCUT2D eigenvalue weighted by Gasteiger charge is 2.13. The highest BCUT2D eigenvalue weighted by Crippen LogP contribution is 2.32. The lowest BCUT2D eigenvalue weighted by Crippen LogP contribution is -2.27. The molecular weight excluding hydrogens is 300 g/mol. The number of ether oxygens (including phenoxy) is 2. The molecule has 0 unspecified atom stereocenters. The van der Waals surface area contributed by atoms with Gasteiger partial charge in [-0.1, -0.05) is 18.2 Å². The Balaban J connectivity index is 1.56. The monoisotopic (exact) mass is 316 g/mol. The molecule has 0 aliphatic carbocycles. The van der Waals surface area contributed by atoms with Crippen molar-refractivity contribution in [2.45, 2.75) is 13.2 Å². The van der Waals surface area contributed by atoms with Crippen LogP contribution in [0.15, 0.2) is 42.5 Å². The summed E-state index contributed by atoms with van der Waals surface area (Å²) in [6, 6.07) is 13.3. The van der Waals surface area contributed by atoms with Gasteiger partial charge in [-0.05, 0) is 47.6 Å². The minimum atomic E-state index is 0.00685. The smallest absolute Gasteiger partial charge is 0.231 e. The zero-order chi connectivity index (χ0) is 15.4. The predicted octanol–water partition coefficient (Wildman–Crippen LogP) is 2.39. The van der Waals surface area contributed by atoms with Crippen molar-refractivity contribution in [1.29, 1.82) is 0 Å². The van der Waals surface area contributed by atoms with Gasteiger partial charge in [0.1, 0.15) is 0 Å². The van der Waals surface area contributed by atoms with Crippen molar-refractivity contribution >= 4 is 23.0 Å². The fourth-order valence-electron chi connectivity index (χ4n) is 2.16. The summed E-state index contributed by atoms with van der Waals surface area (Å²) in [4.78, 5) is 0. The van der Waals surface area contributed by atoms with Crippen molar-refractivity contribution in [3.05, 3.63) is 53.6 Å². The maximum absolute atomic E-state index is 9.13. The van der Waals surface area contributed by atoms with Crippen molar-refractivity contribution in [3.8, 4) is 11.5 Å². The van der Waals surface area contributed by atoms with E-state index in [1.165, 1.54) is 0 Å². The molecule has 0 amide bonds. The molecule has 3 rings (SSSR count). The first-order chi connectivity index (χ1) is 10.7. The summed E-state index contributed by atoms with van der Waals surface area (Å²) in [5, 5.41) is 15.9. The number of hydrogen-bond donors (Lipinski definition) is 3. The highest BCUT2D eigenvalue weighted by molar-refractivity contribution is 7.80. The molecular formula is C16H16N2O3S. The van der Waals surface area contributed by atoms with Gasteiger partial charge in [-0.25, -0.2) is 0 Å². The fourth-order valence-corrected chi connectivity index (χ4v) is 2.35. The van der Waals surface area contributed by atoms with Crippen LogP contribution in [0, 0.1) is 0 Å². The van der Waals surface area contributed by atoms with E-state index in [0.29, 0.717) is 11.7 Å². The summed E-state index contributed by atoms with van der Waals surface area (Å²) < 4.78 is 10.6. The standard InChI is InChI=1S/C16H16N2O3S/c19-9-12-2-1-3-13(6-12)18-16(22)17-8-11-4-5-14-15(7-11)21-10-20-14/h1-7,19H,8-10H2,(H2,17,18,22). The van der Waals surface area contributed by atoms with E-state index < -0.39 is 0 Å². The molecule has 2 aromatic carbocycles. The van der Waals surface area contributed by atoms with E-state index in [1.54, 1.807) is 0 Å². The van der Waals surface area contributed by atoms with E-state index in [0.717, 1.165) is 28.3 Å². The van der Waals surface area contributed by atoms with Crippen molar-refractivity contribution in [3.63, 3.8) is 0 Å². The molecule has 5 nitrogen and oxygen atoms in total. The molecule has 0 bridgehead atoms. The van der Waals surface area contributed by atoms with Gasteiger partial charge in [0, 0.05) is 12.2 Å². The number of aliphatic hydroxyl groups excluding tert-OH is 1. The Hall–Kier alpha value is -2.31. The second kappa shape index (κ2) is 6.64. The summed E-state index contributed by atoms with van der Waals surface area (Å²) in [5.74, 6) is 1.53. The number of anilines is 1. The normalized spacial score (nSPS) is 12.0. The average Bonchev–Trinajstić information content (AvgIpc) is 3.00. The summed E-state index contributed by atoms with van der Waals surface area (Å²) in [7, 11) is 0. The Morgan fingerprint density at radius 1 is 1.09 bits per heavy atom. The predicted molar refractivity (Wildman–Crippen MR) is 88.0 cm³/mol. The van der Waals surface area contributed by atoms with Gasteiger partial charge in [0.2, 0.25) is 6.79 Å². The van der Waals surface area contributed by atoms with E-state index in [-0.39, 0.29) is 13.4 Å². The molecule has 0 fully saturated rings. The Kier molecular flexibility index (Phi) is 4.41. The zero-order valence-electron chi connectivity index (χ0n) is 11.8. The number of rotatable bonds is 4. The summed E-state index contributed by atoms with van der Waals surface area (Å²) in [6.45, 7) is 0.864. The third-order valence-electron chi connectivity index (χ3n) is 3.26. The molecule has 3 N–H and O–H groups in total. The Morgan fingerprint density at radius 3 is 2.82 bits per heavy atom. The van der Waals surface area contributed by atoms with E-state index in [2.05, 4.69) is 10.6 Å². The van der Waals surface area contributed by atoms with Gasteiger partial charge in [-0.15, -0.1) is 0 Å². The molecule has 22 heavy (non-hydrogen) atoms. The summed E-state index contributed by atoms with van der Waals surface area (Å²) >= 11 is 5.27. The number of aliphatic hydroxyl groups is 1. The van der Waals surface area contributed by atoms with Crippen LogP contribution >= 0.6 is 12.2 Å². The minimum Gasteiger partial charge on any atom is -0.454 e. The van der Waals surface area contributed by atoms with Crippen LogP contribution in [0.25, 0.3) is 0 Å². The number of benzene rings is 2. The van der Waals surface area contributed by atoms with Crippen LogP contribution in [0.5, 0.6) is 11.5 Å². The molecule has 0 saturated heterocycles. The van der Waals surface area contributed by atoms with Gasteiger partial charge < -0.3 is 25.2 Å². The van der Waals surface area contributed by atoms with E-state index in [4.69, 9.17) is 26.8 Å². The molecule has 6 heteroatoms. The molecule has 0 atom stereocenters. The molecule has 0 radical (unpaired) electrons. The summed E-state index contributed by atoms with van der Waals surface area (Å²) in [6.07, 6.45) is 0. The number of fused-ring (bicyclic) bond motifs is 1. The Bertz CT molecular complexity index is 691. The molecule has 0 saturated carbocycles. The lowest BCUT2D eigenvalue weighted by molar-refractivity contribution is 0.174. The zero-order valence-corrected chi connectivity index (χ0v) is 12.7. The third kappa shape index (κ3) is 3.47. The van der Waals surface area contributed by atoms with Crippen LogP contribution < -0.4 is 20.1 Å². The average molecular weight is 316 g/mol. The molecule has 114 valence electrons. The Morgan fingerprint density at radius 2 is 1.95 bits per heavy atom. The Labute approximate surface area is 133 Å². The van der Waals surface area contributed by atoms with Gasteiger partial charge in [-0.3, -0.25) is 0 Å². The first-order valence-corrected chi connectivity index (χ1v) is 7.28.